The summed E-state index contributed by atoms with van der Waals surface area (Å²) in [4.78, 5) is 13.4. The minimum atomic E-state index is -1.04. The first-order valence-corrected chi connectivity index (χ1v) is 11.7. The largest absolute Gasteiger partial charge is 0.441 e. The molecule has 0 radical (unpaired) electrons. The summed E-state index contributed by atoms with van der Waals surface area (Å²) in [6.45, 7) is 8.60. The summed E-state index contributed by atoms with van der Waals surface area (Å²) >= 11 is 0. The summed E-state index contributed by atoms with van der Waals surface area (Å²) in [5.41, 5.74) is 7.38. The van der Waals surface area contributed by atoms with E-state index in [9.17, 15) is 4.79 Å². The van der Waals surface area contributed by atoms with Crippen molar-refractivity contribution >= 4 is 27.5 Å². The maximum Gasteiger partial charge on any atom is 0.340 e. The number of fused-ring (bicyclic) bond motifs is 3. The topological polar surface area (TPSA) is 26.3 Å². The molecular formula is C32H26O2. The summed E-state index contributed by atoms with van der Waals surface area (Å²) in [6.07, 6.45) is 0. The first-order chi connectivity index (χ1) is 16.4. The molecule has 0 fully saturated rings. The highest BCUT2D eigenvalue weighted by Gasteiger charge is 2.50. The zero-order chi connectivity index (χ0) is 23.6. The quantitative estimate of drug-likeness (QED) is 0.262. The Balaban J connectivity index is 1.86. The molecule has 1 heterocycles. The molecule has 0 amide bonds. The van der Waals surface area contributed by atoms with Crippen LogP contribution in [0.2, 0.25) is 0 Å². The van der Waals surface area contributed by atoms with Crippen LogP contribution in [0.3, 0.4) is 0 Å². The molecule has 0 aromatic heterocycles. The Bertz CT molecular complexity index is 1550. The molecule has 0 atom stereocenters. The zero-order valence-electron chi connectivity index (χ0n) is 19.9. The normalized spacial score (nSPS) is 14.4. The van der Waals surface area contributed by atoms with E-state index < -0.39 is 5.60 Å². The first kappa shape index (κ1) is 20.7. The van der Waals surface area contributed by atoms with Gasteiger partial charge in [-0.15, -0.1) is 0 Å². The molecule has 5 aromatic rings. The number of aryl methyl sites for hydroxylation is 4. The predicted octanol–water partition coefficient (Wildman–Crippen LogP) is 7.69. The van der Waals surface area contributed by atoms with Crippen LogP contribution in [0.1, 0.15) is 49.3 Å². The lowest BCUT2D eigenvalue weighted by Crippen LogP contribution is -2.30. The molecule has 2 nitrogen and oxygen atoms in total. The van der Waals surface area contributed by atoms with Gasteiger partial charge in [0.1, 0.15) is 0 Å². The smallest absolute Gasteiger partial charge is 0.340 e. The number of carbonyl (C=O) groups is 1. The van der Waals surface area contributed by atoms with Crippen LogP contribution in [0, 0.1) is 27.7 Å². The predicted molar refractivity (Wildman–Crippen MR) is 139 cm³/mol. The number of hydrogen-bond acceptors (Lipinski definition) is 2. The van der Waals surface area contributed by atoms with Gasteiger partial charge < -0.3 is 4.74 Å². The standard InChI is InChI=1S/C32H26O2/c1-19-17-29(25-13-7-5-11-23(25)21(19)3)32(28-16-10-9-15-27(28)31(33)34-32)30-18-20(2)22(4)24-12-6-8-14-26(24)30/h5-18H,1-4H3. The summed E-state index contributed by atoms with van der Waals surface area (Å²) < 4.78 is 6.56. The van der Waals surface area contributed by atoms with Crippen LogP contribution in [0.5, 0.6) is 0 Å². The van der Waals surface area contributed by atoms with Crippen molar-refractivity contribution in [2.24, 2.45) is 0 Å². The van der Waals surface area contributed by atoms with Gasteiger partial charge in [0.05, 0.1) is 5.56 Å². The van der Waals surface area contributed by atoms with Crippen molar-refractivity contribution < 1.29 is 9.53 Å². The molecule has 0 spiro atoms. The van der Waals surface area contributed by atoms with Crippen molar-refractivity contribution in [2.45, 2.75) is 33.3 Å². The molecule has 6 rings (SSSR count). The van der Waals surface area contributed by atoms with Gasteiger partial charge in [0.2, 0.25) is 0 Å². The van der Waals surface area contributed by atoms with Gasteiger partial charge in [-0.05, 0) is 77.6 Å². The second-order valence-corrected chi connectivity index (χ2v) is 9.44. The number of cyclic esters (lactones) is 1. The fourth-order valence-electron chi connectivity index (χ4n) is 5.66. The third-order valence-corrected chi connectivity index (χ3v) is 7.68. The number of benzene rings is 5. The molecule has 1 aliphatic heterocycles. The van der Waals surface area contributed by atoms with Crippen molar-refractivity contribution in [1.29, 1.82) is 0 Å². The van der Waals surface area contributed by atoms with E-state index in [1.807, 2.05) is 24.3 Å². The van der Waals surface area contributed by atoms with E-state index in [0.29, 0.717) is 5.56 Å². The number of ether oxygens (including phenoxy) is 1. The van der Waals surface area contributed by atoms with E-state index >= 15 is 0 Å². The number of hydrogen-bond donors (Lipinski definition) is 0. The second-order valence-electron chi connectivity index (χ2n) is 9.44. The molecule has 0 N–H and O–H groups in total. The van der Waals surface area contributed by atoms with Crippen LogP contribution in [0.15, 0.2) is 84.9 Å². The van der Waals surface area contributed by atoms with Crippen LogP contribution in [0.4, 0.5) is 0 Å². The molecule has 2 heteroatoms. The van der Waals surface area contributed by atoms with Gasteiger partial charge in [-0.25, -0.2) is 4.79 Å². The second kappa shape index (κ2) is 7.30. The van der Waals surface area contributed by atoms with Crippen LogP contribution in [-0.2, 0) is 10.3 Å². The monoisotopic (exact) mass is 442 g/mol. The first-order valence-electron chi connectivity index (χ1n) is 11.7. The van der Waals surface area contributed by atoms with Crippen molar-refractivity contribution in [3.05, 3.63) is 129 Å². The fraction of sp³-hybridized carbons (Fsp3) is 0.156. The third kappa shape index (κ3) is 2.66. The summed E-state index contributed by atoms with van der Waals surface area (Å²) in [5, 5.41) is 4.59. The van der Waals surface area contributed by atoms with Crippen LogP contribution < -0.4 is 0 Å². The summed E-state index contributed by atoms with van der Waals surface area (Å²) in [5.74, 6) is -0.278. The van der Waals surface area contributed by atoms with Crippen molar-refractivity contribution in [3.63, 3.8) is 0 Å². The Morgan fingerprint density at radius 3 is 1.53 bits per heavy atom. The van der Waals surface area contributed by atoms with Gasteiger partial charge in [0.15, 0.2) is 5.60 Å². The van der Waals surface area contributed by atoms with E-state index in [-0.39, 0.29) is 5.97 Å². The molecule has 1 aliphatic rings. The van der Waals surface area contributed by atoms with Gasteiger partial charge in [-0.1, -0.05) is 78.9 Å². The minimum Gasteiger partial charge on any atom is -0.441 e. The van der Waals surface area contributed by atoms with Gasteiger partial charge >= 0.3 is 5.97 Å². The van der Waals surface area contributed by atoms with Gasteiger partial charge in [0, 0.05) is 16.7 Å². The molecule has 0 aliphatic carbocycles. The Morgan fingerprint density at radius 2 is 1.00 bits per heavy atom. The van der Waals surface area contributed by atoms with E-state index in [1.54, 1.807) is 0 Å². The maximum absolute atomic E-state index is 13.4. The molecular weight excluding hydrogens is 416 g/mol. The lowest BCUT2D eigenvalue weighted by atomic mass is 9.74. The molecule has 166 valence electrons. The van der Waals surface area contributed by atoms with Crippen LogP contribution in [-0.4, -0.2) is 5.97 Å². The van der Waals surface area contributed by atoms with Crippen molar-refractivity contribution in [2.75, 3.05) is 0 Å². The van der Waals surface area contributed by atoms with Gasteiger partial charge in [-0.3, -0.25) is 0 Å². The lowest BCUT2D eigenvalue weighted by Gasteiger charge is -2.34. The van der Waals surface area contributed by atoms with E-state index in [1.165, 1.54) is 33.0 Å². The Labute approximate surface area is 199 Å². The van der Waals surface area contributed by atoms with E-state index in [0.717, 1.165) is 27.5 Å². The Hall–Kier alpha value is -3.91. The van der Waals surface area contributed by atoms with E-state index in [4.69, 9.17) is 4.74 Å². The molecule has 5 aromatic carbocycles. The molecule has 34 heavy (non-hydrogen) atoms. The average Bonchev–Trinajstić information content (AvgIpc) is 3.17. The molecule has 0 saturated carbocycles. The Kier molecular flexibility index (Phi) is 4.44. The van der Waals surface area contributed by atoms with Crippen molar-refractivity contribution in [3.8, 4) is 0 Å². The molecule has 0 unspecified atom stereocenters. The fourth-order valence-corrected chi connectivity index (χ4v) is 5.66. The summed E-state index contributed by atoms with van der Waals surface area (Å²) in [7, 11) is 0. The van der Waals surface area contributed by atoms with Crippen molar-refractivity contribution in [1.82, 2.24) is 0 Å². The molecule has 0 saturated heterocycles. The van der Waals surface area contributed by atoms with Gasteiger partial charge in [-0.2, -0.15) is 0 Å². The maximum atomic E-state index is 13.4. The lowest BCUT2D eigenvalue weighted by molar-refractivity contribution is 0.0259. The third-order valence-electron chi connectivity index (χ3n) is 7.68. The van der Waals surface area contributed by atoms with Crippen LogP contribution in [0.25, 0.3) is 21.5 Å². The highest BCUT2D eigenvalue weighted by Crippen LogP contribution is 2.51. The highest BCUT2D eigenvalue weighted by atomic mass is 16.6. The Morgan fingerprint density at radius 1 is 0.559 bits per heavy atom. The van der Waals surface area contributed by atoms with E-state index in [2.05, 4.69) is 88.4 Å². The zero-order valence-corrected chi connectivity index (χ0v) is 19.9. The SMILES string of the molecule is Cc1cc(C2(c3cc(C)c(C)c4ccccc34)OC(=O)c3ccccc32)c2ccccc2c1C. The number of rotatable bonds is 2. The van der Waals surface area contributed by atoms with Crippen LogP contribution >= 0.6 is 0 Å². The average molecular weight is 443 g/mol. The minimum absolute atomic E-state index is 0.278. The molecule has 0 bridgehead atoms. The number of carbonyl (C=O) groups excluding carboxylic acids is 1. The number of esters is 1. The summed E-state index contributed by atoms with van der Waals surface area (Å²) in [6, 6.07) is 29.2. The highest BCUT2D eigenvalue weighted by molar-refractivity contribution is 6.01. The van der Waals surface area contributed by atoms with Gasteiger partial charge in [0.25, 0.3) is 0 Å².